The van der Waals surface area contributed by atoms with Crippen LogP contribution in [0.15, 0.2) is 0 Å². The van der Waals surface area contributed by atoms with Gasteiger partial charge in [-0.1, -0.05) is 13.8 Å². The van der Waals surface area contributed by atoms with E-state index in [1.165, 1.54) is 0 Å². The average Bonchev–Trinajstić information content (AvgIpc) is 2.13. The van der Waals surface area contributed by atoms with E-state index in [9.17, 15) is 13.2 Å². The van der Waals surface area contributed by atoms with Crippen molar-refractivity contribution in [1.82, 2.24) is 5.32 Å². The SMILES string of the molecule is CC(C)C(CCO)NC(=O)CCS(C)(=O)=O. The minimum atomic E-state index is -3.10. The maximum absolute atomic E-state index is 11.4. The lowest BCUT2D eigenvalue weighted by atomic mass is 10.0. The van der Waals surface area contributed by atoms with Crippen molar-refractivity contribution in [2.24, 2.45) is 5.92 Å². The van der Waals surface area contributed by atoms with Crippen LogP contribution >= 0.6 is 0 Å². The first-order valence-electron chi connectivity index (χ1n) is 5.34. The van der Waals surface area contributed by atoms with Gasteiger partial charge >= 0.3 is 0 Å². The Hall–Kier alpha value is -0.620. The molecule has 0 bridgehead atoms. The van der Waals surface area contributed by atoms with Crippen LogP contribution in [0, 0.1) is 5.92 Å². The summed E-state index contributed by atoms with van der Waals surface area (Å²) >= 11 is 0. The molecule has 0 saturated heterocycles. The predicted octanol–water partition coefficient (Wildman–Crippen LogP) is -0.0557. The van der Waals surface area contributed by atoms with Crippen molar-refractivity contribution in [3.8, 4) is 0 Å². The average molecular weight is 251 g/mol. The Kier molecular flexibility index (Phi) is 6.59. The van der Waals surface area contributed by atoms with Crippen LogP contribution in [0.5, 0.6) is 0 Å². The number of hydrogen-bond donors (Lipinski definition) is 2. The summed E-state index contributed by atoms with van der Waals surface area (Å²) in [6, 6.07) is -0.0999. The van der Waals surface area contributed by atoms with E-state index >= 15 is 0 Å². The van der Waals surface area contributed by atoms with Crippen molar-refractivity contribution in [3.05, 3.63) is 0 Å². The first-order valence-corrected chi connectivity index (χ1v) is 7.40. The molecular formula is C10H21NO4S. The summed E-state index contributed by atoms with van der Waals surface area (Å²) in [4.78, 5) is 11.4. The molecule has 2 N–H and O–H groups in total. The molecule has 0 aliphatic rings. The molecule has 6 heteroatoms. The normalized spacial score (nSPS) is 13.8. The number of rotatable bonds is 7. The van der Waals surface area contributed by atoms with E-state index in [1.54, 1.807) is 0 Å². The summed E-state index contributed by atoms with van der Waals surface area (Å²) in [5.41, 5.74) is 0. The van der Waals surface area contributed by atoms with E-state index in [1.807, 2.05) is 13.8 Å². The lowest BCUT2D eigenvalue weighted by molar-refractivity contribution is -0.121. The van der Waals surface area contributed by atoms with Gasteiger partial charge in [0.1, 0.15) is 9.84 Å². The Morgan fingerprint density at radius 2 is 1.94 bits per heavy atom. The largest absolute Gasteiger partial charge is 0.396 e. The second kappa shape index (κ2) is 6.85. The Balaban J connectivity index is 4.10. The zero-order valence-corrected chi connectivity index (χ0v) is 10.9. The molecule has 0 spiro atoms. The van der Waals surface area contributed by atoms with Gasteiger partial charge in [-0.15, -0.1) is 0 Å². The molecule has 0 heterocycles. The fourth-order valence-corrected chi connectivity index (χ4v) is 1.82. The molecular weight excluding hydrogens is 230 g/mol. The van der Waals surface area contributed by atoms with E-state index in [-0.39, 0.29) is 36.6 Å². The first kappa shape index (κ1) is 15.4. The zero-order chi connectivity index (χ0) is 12.8. The second-order valence-corrected chi connectivity index (χ2v) is 6.57. The minimum absolute atomic E-state index is 0.00913. The molecule has 16 heavy (non-hydrogen) atoms. The van der Waals surface area contributed by atoms with Crippen molar-refractivity contribution < 1.29 is 18.3 Å². The third-order valence-electron chi connectivity index (χ3n) is 2.29. The van der Waals surface area contributed by atoms with Crippen LogP contribution in [0.4, 0.5) is 0 Å². The highest BCUT2D eigenvalue weighted by atomic mass is 32.2. The highest BCUT2D eigenvalue weighted by Gasteiger charge is 2.16. The number of carbonyl (C=O) groups excluding carboxylic acids is 1. The van der Waals surface area contributed by atoms with E-state index in [2.05, 4.69) is 5.32 Å². The lowest BCUT2D eigenvalue weighted by Crippen LogP contribution is -2.39. The van der Waals surface area contributed by atoms with Crippen molar-refractivity contribution in [2.75, 3.05) is 18.6 Å². The van der Waals surface area contributed by atoms with Gasteiger partial charge in [0.25, 0.3) is 0 Å². The number of carbonyl (C=O) groups is 1. The van der Waals surface area contributed by atoms with Gasteiger partial charge in [0.05, 0.1) is 5.75 Å². The number of aliphatic hydroxyl groups is 1. The smallest absolute Gasteiger partial charge is 0.221 e. The molecule has 1 atom stereocenters. The van der Waals surface area contributed by atoms with Crippen LogP contribution in [0.2, 0.25) is 0 Å². The molecule has 0 aliphatic heterocycles. The zero-order valence-electron chi connectivity index (χ0n) is 10.1. The van der Waals surface area contributed by atoms with Crippen LogP contribution in [0.3, 0.4) is 0 Å². The molecule has 0 aliphatic carbocycles. The van der Waals surface area contributed by atoms with Gasteiger partial charge in [0.15, 0.2) is 0 Å². The third-order valence-corrected chi connectivity index (χ3v) is 3.24. The molecule has 0 aromatic rings. The van der Waals surface area contributed by atoms with Gasteiger partial charge in [-0.25, -0.2) is 8.42 Å². The fraction of sp³-hybridized carbons (Fsp3) is 0.900. The van der Waals surface area contributed by atoms with E-state index in [4.69, 9.17) is 5.11 Å². The second-order valence-electron chi connectivity index (χ2n) is 4.31. The minimum Gasteiger partial charge on any atom is -0.396 e. The first-order chi connectivity index (χ1) is 7.26. The van der Waals surface area contributed by atoms with Crippen LogP contribution in [-0.2, 0) is 14.6 Å². The summed E-state index contributed by atoms with van der Waals surface area (Å²) in [7, 11) is -3.10. The van der Waals surface area contributed by atoms with E-state index in [0.717, 1.165) is 6.26 Å². The molecule has 0 rings (SSSR count). The maximum Gasteiger partial charge on any atom is 0.221 e. The Morgan fingerprint density at radius 1 is 1.38 bits per heavy atom. The van der Waals surface area contributed by atoms with E-state index in [0.29, 0.717) is 6.42 Å². The topological polar surface area (TPSA) is 83.5 Å². The number of hydrogen-bond acceptors (Lipinski definition) is 4. The predicted molar refractivity (Wildman–Crippen MR) is 62.8 cm³/mol. The molecule has 96 valence electrons. The van der Waals surface area contributed by atoms with Gasteiger partial charge < -0.3 is 10.4 Å². The van der Waals surface area contributed by atoms with Crippen LogP contribution in [0.1, 0.15) is 26.7 Å². The van der Waals surface area contributed by atoms with Gasteiger partial charge in [-0.05, 0) is 12.3 Å². The van der Waals surface area contributed by atoms with Crippen molar-refractivity contribution in [1.29, 1.82) is 0 Å². The van der Waals surface area contributed by atoms with Crippen molar-refractivity contribution >= 4 is 15.7 Å². The highest BCUT2D eigenvalue weighted by Crippen LogP contribution is 2.05. The van der Waals surface area contributed by atoms with Gasteiger partial charge in [0, 0.05) is 25.3 Å². The number of aliphatic hydroxyl groups excluding tert-OH is 1. The van der Waals surface area contributed by atoms with Crippen LogP contribution < -0.4 is 5.32 Å². The third kappa shape index (κ3) is 7.64. The Labute approximate surface area is 97.2 Å². The maximum atomic E-state index is 11.4. The van der Waals surface area contributed by atoms with Gasteiger partial charge in [-0.2, -0.15) is 0 Å². The molecule has 0 aromatic heterocycles. The van der Waals surface area contributed by atoms with Gasteiger partial charge in [-0.3, -0.25) is 4.79 Å². The summed E-state index contributed by atoms with van der Waals surface area (Å²) in [5, 5.41) is 11.5. The molecule has 0 saturated carbocycles. The monoisotopic (exact) mass is 251 g/mol. The van der Waals surface area contributed by atoms with Crippen LogP contribution in [-0.4, -0.2) is 44.1 Å². The Bertz CT molecular complexity index is 311. The molecule has 1 unspecified atom stereocenters. The number of sulfone groups is 1. The van der Waals surface area contributed by atoms with Crippen molar-refractivity contribution in [2.45, 2.75) is 32.7 Å². The van der Waals surface area contributed by atoms with Crippen molar-refractivity contribution in [3.63, 3.8) is 0 Å². The molecule has 0 fully saturated rings. The number of nitrogens with one attached hydrogen (secondary N) is 1. The van der Waals surface area contributed by atoms with E-state index < -0.39 is 9.84 Å². The fourth-order valence-electron chi connectivity index (χ4n) is 1.27. The lowest BCUT2D eigenvalue weighted by Gasteiger charge is -2.21. The molecule has 1 amide bonds. The summed E-state index contributed by atoms with van der Waals surface area (Å²) in [5.74, 6) is -0.199. The van der Waals surface area contributed by atoms with Gasteiger partial charge in [0.2, 0.25) is 5.91 Å². The highest BCUT2D eigenvalue weighted by molar-refractivity contribution is 7.90. The molecule has 5 nitrogen and oxygen atoms in total. The molecule has 0 radical (unpaired) electrons. The summed E-state index contributed by atoms with van der Waals surface area (Å²) < 4.78 is 21.7. The van der Waals surface area contributed by atoms with Crippen LogP contribution in [0.25, 0.3) is 0 Å². The molecule has 0 aromatic carbocycles. The Morgan fingerprint density at radius 3 is 2.31 bits per heavy atom. The quantitative estimate of drug-likeness (QED) is 0.664. The standard InChI is InChI=1S/C10H21NO4S/c1-8(2)9(4-6-12)11-10(13)5-7-16(3,14)15/h8-9,12H,4-7H2,1-3H3,(H,11,13). The summed E-state index contributed by atoms with van der Waals surface area (Å²) in [6.07, 6.45) is 1.57. The summed E-state index contributed by atoms with van der Waals surface area (Å²) in [6.45, 7) is 3.89. The number of amides is 1.